The molecule has 5 heteroatoms. The van der Waals surface area contributed by atoms with Gasteiger partial charge in [0.15, 0.2) is 0 Å². The Morgan fingerprint density at radius 3 is 2.38 bits per heavy atom. The summed E-state index contributed by atoms with van der Waals surface area (Å²) >= 11 is 0. The van der Waals surface area contributed by atoms with Crippen molar-refractivity contribution in [3.63, 3.8) is 0 Å². The second-order valence-electron chi connectivity index (χ2n) is 3.60. The molecule has 2 aliphatic rings. The van der Waals surface area contributed by atoms with Crippen molar-refractivity contribution in [1.29, 1.82) is 0 Å². The minimum Gasteiger partial charge on any atom is -0.464 e. The highest BCUT2D eigenvalue weighted by atomic mass is 16.4. The molecule has 1 aliphatic heterocycles. The van der Waals surface area contributed by atoms with Crippen LogP contribution in [-0.4, -0.2) is 27.9 Å². The second-order valence-corrected chi connectivity index (χ2v) is 3.60. The van der Waals surface area contributed by atoms with Gasteiger partial charge in [0.05, 0.1) is 5.41 Å². The number of piperidine rings is 1. The van der Waals surface area contributed by atoms with Gasteiger partial charge in [-0.3, -0.25) is 9.59 Å². The molecule has 0 atom stereocenters. The van der Waals surface area contributed by atoms with E-state index in [0.717, 1.165) is 12.8 Å². The summed E-state index contributed by atoms with van der Waals surface area (Å²) in [5.41, 5.74) is -0.494. The zero-order valence-corrected chi connectivity index (χ0v) is 6.95. The van der Waals surface area contributed by atoms with Gasteiger partial charge in [0, 0.05) is 6.42 Å². The van der Waals surface area contributed by atoms with Crippen LogP contribution < -0.4 is 0 Å². The fourth-order valence-corrected chi connectivity index (χ4v) is 1.72. The summed E-state index contributed by atoms with van der Waals surface area (Å²) in [6, 6.07) is 0. The average Bonchev–Trinajstić information content (AvgIpc) is 2.79. The topological polar surface area (TPSA) is 74.7 Å². The van der Waals surface area contributed by atoms with Crippen molar-refractivity contribution >= 4 is 17.9 Å². The molecule has 0 radical (unpaired) electrons. The molecule has 1 N–H and O–H groups in total. The first-order valence-electron chi connectivity index (χ1n) is 4.17. The van der Waals surface area contributed by atoms with Gasteiger partial charge in [-0.1, -0.05) is 0 Å². The van der Waals surface area contributed by atoms with Gasteiger partial charge in [-0.05, 0) is 19.3 Å². The van der Waals surface area contributed by atoms with E-state index in [9.17, 15) is 14.4 Å². The Balaban J connectivity index is 2.27. The molecule has 70 valence electrons. The van der Waals surface area contributed by atoms with E-state index < -0.39 is 23.3 Å². The zero-order chi connectivity index (χ0) is 9.64. The number of imide groups is 3. The molecule has 1 spiro atoms. The Kier molecular flexibility index (Phi) is 1.46. The maximum atomic E-state index is 11.5. The largest absolute Gasteiger partial charge is 0.464 e. The lowest BCUT2D eigenvalue weighted by molar-refractivity contribution is -0.149. The molecule has 5 nitrogen and oxygen atoms in total. The molecule has 1 heterocycles. The molecule has 1 saturated carbocycles. The van der Waals surface area contributed by atoms with Crippen LogP contribution in [0.5, 0.6) is 0 Å². The maximum absolute atomic E-state index is 11.5. The van der Waals surface area contributed by atoms with Gasteiger partial charge in [0.2, 0.25) is 11.8 Å². The van der Waals surface area contributed by atoms with Crippen LogP contribution in [-0.2, 0) is 9.59 Å². The van der Waals surface area contributed by atoms with E-state index in [1.54, 1.807) is 0 Å². The van der Waals surface area contributed by atoms with E-state index in [4.69, 9.17) is 5.11 Å². The smallest absolute Gasteiger partial charge is 0.421 e. The summed E-state index contributed by atoms with van der Waals surface area (Å²) in [7, 11) is 0. The Bertz CT molecular complexity index is 305. The molecular formula is C8H9NO4. The number of rotatable bonds is 0. The van der Waals surface area contributed by atoms with Crippen LogP contribution in [0.15, 0.2) is 0 Å². The molecule has 0 unspecified atom stereocenters. The van der Waals surface area contributed by atoms with E-state index in [0.29, 0.717) is 11.3 Å². The first-order valence-corrected chi connectivity index (χ1v) is 4.17. The van der Waals surface area contributed by atoms with Gasteiger partial charge >= 0.3 is 6.09 Å². The average molecular weight is 183 g/mol. The second kappa shape index (κ2) is 2.31. The summed E-state index contributed by atoms with van der Waals surface area (Å²) in [5.74, 6) is -1.11. The number of nitrogens with zero attached hydrogens (tertiary/aromatic N) is 1. The van der Waals surface area contributed by atoms with Crippen LogP contribution in [0.1, 0.15) is 25.7 Å². The lowest BCUT2D eigenvalue weighted by Crippen LogP contribution is -2.48. The van der Waals surface area contributed by atoms with E-state index in [2.05, 4.69) is 0 Å². The molecule has 0 aromatic heterocycles. The SMILES string of the molecule is O=C(O)N1C(=O)CCC2(CC2)C1=O. The predicted octanol–water partition coefficient (Wildman–Crippen LogP) is 0.594. The summed E-state index contributed by atoms with van der Waals surface area (Å²) in [5, 5.41) is 8.62. The summed E-state index contributed by atoms with van der Waals surface area (Å²) in [6.07, 6.45) is 0.708. The van der Waals surface area contributed by atoms with Crippen LogP contribution in [0.2, 0.25) is 0 Å². The van der Waals surface area contributed by atoms with Crippen molar-refractivity contribution in [2.45, 2.75) is 25.7 Å². The van der Waals surface area contributed by atoms with Crippen molar-refractivity contribution in [2.24, 2.45) is 5.41 Å². The molecule has 1 saturated heterocycles. The zero-order valence-electron chi connectivity index (χ0n) is 6.95. The van der Waals surface area contributed by atoms with Crippen LogP contribution in [0.3, 0.4) is 0 Å². The summed E-state index contributed by atoms with van der Waals surface area (Å²) < 4.78 is 0. The van der Waals surface area contributed by atoms with E-state index >= 15 is 0 Å². The molecule has 0 aromatic carbocycles. The quantitative estimate of drug-likeness (QED) is 0.558. The van der Waals surface area contributed by atoms with Crippen LogP contribution >= 0.6 is 0 Å². The number of hydrogen-bond donors (Lipinski definition) is 1. The number of carbonyl (C=O) groups is 3. The van der Waals surface area contributed by atoms with Crippen LogP contribution in [0.4, 0.5) is 4.79 Å². The number of carboxylic acid groups (broad SMARTS) is 1. The molecule has 0 aromatic rings. The number of hydrogen-bond acceptors (Lipinski definition) is 3. The highest BCUT2D eigenvalue weighted by molar-refractivity contribution is 6.12. The Hall–Kier alpha value is -1.39. The first-order chi connectivity index (χ1) is 6.07. The molecule has 13 heavy (non-hydrogen) atoms. The third-order valence-electron chi connectivity index (χ3n) is 2.77. The van der Waals surface area contributed by atoms with Gasteiger partial charge in [-0.15, -0.1) is 0 Å². The van der Waals surface area contributed by atoms with Crippen molar-refractivity contribution in [2.75, 3.05) is 0 Å². The van der Waals surface area contributed by atoms with Crippen LogP contribution in [0, 0.1) is 5.41 Å². The number of carbonyl (C=O) groups excluding carboxylic acids is 2. The van der Waals surface area contributed by atoms with Crippen molar-refractivity contribution in [3.05, 3.63) is 0 Å². The summed E-state index contributed by atoms with van der Waals surface area (Å²) in [4.78, 5) is 33.5. The molecule has 2 rings (SSSR count). The fourth-order valence-electron chi connectivity index (χ4n) is 1.72. The van der Waals surface area contributed by atoms with Crippen molar-refractivity contribution in [1.82, 2.24) is 4.90 Å². The van der Waals surface area contributed by atoms with Crippen LogP contribution in [0.25, 0.3) is 0 Å². The molecule has 0 bridgehead atoms. The van der Waals surface area contributed by atoms with Crippen molar-refractivity contribution in [3.8, 4) is 0 Å². The Morgan fingerprint density at radius 2 is 1.92 bits per heavy atom. The first kappa shape index (κ1) is 8.22. The van der Waals surface area contributed by atoms with Gasteiger partial charge in [0.1, 0.15) is 0 Å². The summed E-state index contributed by atoms with van der Waals surface area (Å²) in [6.45, 7) is 0. The normalized spacial score (nSPS) is 25.1. The van der Waals surface area contributed by atoms with E-state index in [1.807, 2.05) is 0 Å². The third-order valence-corrected chi connectivity index (χ3v) is 2.77. The molecular weight excluding hydrogens is 174 g/mol. The van der Waals surface area contributed by atoms with Gasteiger partial charge in [0.25, 0.3) is 0 Å². The van der Waals surface area contributed by atoms with E-state index in [-0.39, 0.29) is 6.42 Å². The Morgan fingerprint density at radius 1 is 1.31 bits per heavy atom. The lowest BCUT2D eigenvalue weighted by atomic mass is 9.94. The van der Waals surface area contributed by atoms with E-state index in [1.165, 1.54) is 0 Å². The Labute approximate surface area is 74.3 Å². The fraction of sp³-hybridized carbons (Fsp3) is 0.625. The number of likely N-dealkylation sites (tertiary alicyclic amines) is 1. The highest BCUT2D eigenvalue weighted by Crippen LogP contribution is 2.53. The number of amides is 3. The standard InChI is InChI=1S/C8H9NO4/c10-5-1-2-8(3-4-8)6(11)9(5)7(12)13/h1-4H2,(H,12,13). The third kappa shape index (κ3) is 1.03. The van der Waals surface area contributed by atoms with Crippen molar-refractivity contribution < 1.29 is 19.5 Å². The molecule has 2 fully saturated rings. The minimum absolute atomic E-state index is 0.179. The highest BCUT2D eigenvalue weighted by Gasteiger charge is 2.56. The molecule has 1 aliphatic carbocycles. The lowest BCUT2D eigenvalue weighted by Gasteiger charge is -2.26. The maximum Gasteiger partial charge on any atom is 0.421 e. The molecule has 3 amide bonds. The van der Waals surface area contributed by atoms with Gasteiger partial charge in [-0.2, -0.15) is 4.90 Å². The van der Waals surface area contributed by atoms with Gasteiger partial charge in [-0.25, -0.2) is 4.79 Å². The minimum atomic E-state index is -1.44. The predicted molar refractivity (Wildman–Crippen MR) is 40.8 cm³/mol. The van der Waals surface area contributed by atoms with Gasteiger partial charge < -0.3 is 5.11 Å². The monoisotopic (exact) mass is 183 g/mol.